The number of amides is 6. The van der Waals surface area contributed by atoms with E-state index in [0.29, 0.717) is 46.6 Å². The molecule has 18 heteroatoms. The number of nitrogens with one attached hydrogen (secondary N) is 2. The number of urea groups is 1. The fourth-order valence-electron chi connectivity index (χ4n) is 8.34. The van der Waals surface area contributed by atoms with Crippen LogP contribution < -0.4 is 24.7 Å². The Morgan fingerprint density at radius 1 is 0.646 bits per heavy atom. The minimum absolute atomic E-state index is 0.00966. The molecule has 0 atom stereocenters. The van der Waals surface area contributed by atoms with Gasteiger partial charge >= 0.3 is 6.03 Å². The molecular weight excluding hydrogens is 875 g/mol. The van der Waals surface area contributed by atoms with Crippen molar-refractivity contribution >= 4 is 49.7 Å². The smallest absolute Gasteiger partial charge is 0.328 e. The van der Waals surface area contributed by atoms with Crippen molar-refractivity contribution in [3.8, 4) is 11.5 Å². The second-order valence-corrected chi connectivity index (χ2v) is 20.6. The van der Waals surface area contributed by atoms with Crippen molar-refractivity contribution in [3.05, 3.63) is 118 Å². The largest absolute Gasteiger partial charge is 0.497 e. The molecule has 4 aromatic carbocycles. The number of primary sulfonamides is 1. The molecule has 1 fully saturated rings. The van der Waals surface area contributed by atoms with Gasteiger partial charge in [-0.1, -0.05) is 55.7 Å². The first-order valence-electron chi connectivity index (χ1n) is 21.2. The van der Waals surface area contributed by atoms with Gasteiger partial charge in [-0.3, -0.25) is 29.0 Å². The minimum atomic E-state index is -4.03. The first kappa shape index (κ1) is 48.3. The predicted molar refractivity (Wildman–Crippen MR) is 242 cm³/mol. The monoisotopic (exact) mass is 929 g/mol. The lowest BCUT2D eigenvalue weighted by Gasteiger charge is -2.37. The van der Waals surface area contributed by atoms with Crippen LogP contribution in [0.25, 0.3) is 0 Å². The van der Waals surface area contributed by atoms with Gasteiger partial charge in [-0.15, -0.1) is 0 Å². The number of nitrogens with two attached hydrogens (primary N) is 1. The number of ether oxygens (including phenoxy) is 2. The van der Waals surface area contributed by atoms with Gasteiger partial charge in [0.15, 0.2) is 0 Å². The molecule has 6 amide bonds. The molecule has 0 unspecified atom stereocenters. The summed E-state index contributed by atoms with van der Waals surface area (Å²) in [5.41, 5.74) is 2.05. The standard InChI is InChI=1S/C27H33N3O6S.C20H22N2O5S/c1-27(2)23-14-11-20(36-3)17-22(23)24(31)30(25(27)32)16-15-18-9-12-21(13-10-18)37(34,35)29-26(33)28-19-7-5-4-6-8-19;1-20(2)17-9-6-14(27-3)12-16(17)18(23)22(19(20)24)11-10-13-4-7-15(8-5-13)28(21,25)26/h9-14,17,19H,4-8,15-16H2,1-3H3,(H2,28,29,33);4-9,12H,10-11H2,1-3H3,(H2,21,25,26). The lowest BCUT2D eigenvalue weighted by atomic mass is 9.77. The number of methoxy groups -OCH3 is 2. The van der Waals surface area contributed by atoms with Gasteiger partial charge < -0.3 is 14.8 Å². The molecule has 346 valence electrons. The minimum Gasteiger partial charge on any atom is -0.497 e. The van der Waals surface area contributed by atoms with E-state index in [4.69, 9.17) is 14.6 Å². The average molecular weight is 930 g/mol. The maximum atomic E-state index is 13.2. The van der Waals surface area contributed by atoms with Crippen LogP contribution in [0, 0.1) is 0 Å². The summed E-state index contributed by atoms with van der Waals surface area (Å²) in [5, 5.41) is 7.83. The summed E-state index contributed by atoms with van der Waals surface area (Å²) in [6.07, 6.45) is 5.61. The molecule has 1 aliphatic carbocycles. The SMILES string of the molecule is COc1ccc2c(c1)C(=O)N(CCc1ccc(S(=O)(=O)NC(=O)NC3CCCCC3)cc1)C(=O)C2(C)C.COc1ccc2c(c1)C(=O)N(CCc1ccc(S(N)(=O)=O)cc1)C(=O)C2(C)C. The first-order chi connectivity index (χ1) is 30.6. The van der Waals surface area contributed by atoms with E-state index >= 15 is 0 Å². The van der Waals surface area contributed by atoms with Crippen molar-refractivity contribution in [2.24, 2.45) is 5.14 Å². The molecule has 1 saturated carbocycles. The summed E-state index contributed by atoms with van der Waals surface area (Å²) in [4.78, 5) is 66.9. The molecule has 0 saturated heterocycles. The van der Waals surface area contributed by atoms with E-state index in [1.807, 2.05) is 0 Å². The molecule has 0 bridgehead atoms. The number of imide groups is 2. The number of carbonyl (C=O) groups excluding carboxylic acids is 5. The third-order valence-electron chi connectivity index (χ3n) is 12.2. The van der Waals surface area contributed by atoms with Crippen molar-refractivity contribution in [2.45, 2.75) is 99.3 Å². The number of hydrogen-bond donors (Lipinski definition) is 3. The van der Waals surface area contributed by atoms with Crippen LogP contribution in [0.15, 0.2) is 94.7 Å². The number of nitrogens with zero attached hydrogens (tertiary/aromatic N) is 2. The molecule has 65 heavy (non-hydrogen) atoms. The molecule has 0 aromatic heterocycles. The van der Waals surface area contributed by atoms with Crippen molar-refractivity contribution < 1.29 is 50.3 Å². The molecule has 3 aliphatic rings. The van der Waals surface area contributed by atoms with E-state index in [1.54, 1.807) is 88.4 Å². The molecule has 16 nitrogen and oxygen atoms in total. The van der Waals surface area contributed by atoms with Gasteiger partial charge in [0.25, 0.3) is 21.8 Å². The number of fused-ring (bicyclic) bond motifs is 2. The Hall–Kier alpha value is -6.11. The molecular formula is C47H55N5O11S2. The summed E-state index contributed by atoms with van der Waals surface area (Å²) in [6, 6.07) is 21.7. The van der Waals surface area contributed by atoms with E-state index in [9.17, 15) is 40.8 Å². The number of sulfonamides is 2. The summed E-state index contributed by atoms with van der Waals surface area (Å²) in [7, 11) is -4.74. The number of rotatable bonds is 12. The number of hydrogen-bond acceptors (Lipinski definition) is 11. The highest BCUT2D eigenvalue weighted by Gasteiger charge is 2.45. The zero-order valence-electron chi connectivity index (χ0n) is 37.3. The summed E-state index contributed by atoms with van der Waals surface area (Å²) < 4.78 is 60.5. The Kier molecular flexibility index (Phi) is 14.3. The van der Waals surface area contributed by atoms with E-state index in [1.165, 1.54) is 48.3 Å². The van der Waals surface area contributed by atoms with Crippen LogP contribution in [0.3, 0.4) is 0 Å². The van der Waals surface area contributed by atoms with Crippen LogP contribution in [0.1, 0.15) is 103 Å². The average Bonchev–Trinajstić information content (AvgIpc) is 3.27. The lowest BCUT2D eigenvalue weighted by Crippen LogP contribution is -2.52. The van der Waals surface area contributed by atoms with Crippen LogP contribution in [-0.2, 0) is 53.3 Å². The summed E-state index contributed by atoms with van der Waals surface area (Å²) >= 11 is 0. The van der Waals surface area contributed by atoms with Crippen molar-refractivity contribution in [3.63, 3.8) is 0 Å². The normalized spacial score (nSPS) is 17.0. The predicted octanol–water partition coefficient (Wildman–Crippen LogP) is 5.36. The van der Waals surface area contributed by atoms with Crippen LogP contribution in [0.2, 0.25) is 0 Å². The fourth-order valence-corrected chi connectivity index (χ4v) is 9.77. The first-order valence-corrected chi connectivity index (χ1v) is 24.2. The molecule has 4 N–H and O–H groups in total. The van der Waals surface area contributed by atoms with E-state index < -0.39 is 36.9 Å². The molecule has 4 aromatic rings. The molecule has 7 rings (SSSR count). The van der Waals surface area contributed by atoms with E-state index in [0.717, 1.165) is 43.2 Å². The third kappa shape index (κ3) is 10.6. The molecule has 2 heterocycles. The van der Waals surface area contributed by atoms with Crippen molar-refractivity contribution in [1.29, 1.82) is 0 Å². The van der Waals surface area contributed by atoms with Gasteiger partial charge in [0.2, 0.25) is 21.8 Å². The van der Waals surface area contributed by atoms with Gasteiger partial charge in [0.05, 0.1) is 34.8 Å². The maximum Gasteiger partial charge on any atom is 0.328 e. The van der Waals surface area contributed by atoms with Crippen LogP contribution in [-0.4, -0.2) is 89.6 Å². The Labute approximate surface area is 380 Å². The summed E-state index contributed by atoms with van der Waals surface area (Å²) in [6.45, 7) is 7.49. The Morgan fingerprint density at radius 2 is 1.06 bits per heavy atom. The van der Waals surface area contributed by atoms with Gasteiger partial charge in [-0.25, -0.2) is 31.5 Å². The Bertz CT molecular complexity index is 2710. The Morgan fingerprint density at radius 3 is 1.46 bits per heavy atom. The number of benzene rings is 4. The Balaban J connectivity index is 0.000000224. The number of carbonyl (C=O) groups is 5. The van der Waals surface area contributed by atoms with Gasteiger partial charge in [0, 0.05) is 30.3 Å². The molecule has 0 spiro atoms. The second kappa shape index (κ2) is 19.2. The zero-order valence-corrected chi connectivity index (χ0v) is 38.9. The third-order valence-corrected chi connectivity index (χ3v) is 14.5. The van der Waals surface area contributed by atoms with E-state index in [-0.39, 0.29) is 52.6 Å². The lowest BCUT2D eigenvalue weighted by molar-refractivity contribution is -0.135. The second-order valence-electron chi connectivity index (χ2n) is 17.3. The van der Waals surface area contributed by atoms with Gasteiger partial charge in [-0.2, -0.15) is 0 Å². The fraction of sp³-hybridized carbons (Fsp3) is 0.383. The zero-order chi connectivity index (χ0) is 47.5. The highest BCUT2D eigenvalue weighted by atomic mass is 32.2. The van der Waals surface area contributed by atoms with Gasteiger partial charge in [0.1, 0.15) is 11.5 Å². The highest BCUT2D eigenvalue weighted by Crippen LogP contribution is 2.38. The van der Waals surface area contributed by atoms with Crippen LogP contribution >= 0.6 is 0 Å². The summed E-state index contributed by atoms with van der Waals surface area (Å²) in [5.74, 6) is -0.213. The van der Waals surface area contributed by atoms with Gasteiger partial charge in [-0.05, 0) is 124 Å². The van der Waals surface area contributed by atoms with Crippen molar-refractivity contribution in [1.82, 2.24) is 19.8 Å². The highest BCUT2D eigenvalue weighted by molar-refractivity contribution is 7.90. The topological polar surface area (TPSA) is 229 Å². The molecule has 2 aliphatic heterocycles. The van der Waals surface area contributed by atoms with Crippen LogP contribution in [0.5, 0.6) is 11.5 Å². The van der Waals surface area contributed by atoms with E-state index in [2.05, 4.69) is 10.0 Å². The van der Waals surface area contributed by atoms with Crippen molar-refractivity contribution in [2.75, 3.05) is 27.3 Å². The molecule has 0 radical (unpaired) electrons. The maximum absolute atomic E-state index is 13.2. The van der Waals surface area contributed by atoms with Crippen LogP contribution in [0.4, 0.5) is 4.79 Å². The quantitative estimate of drug-likeness (QED) is 0.153.